The van der Waals surface area contributed by atoms with E-state index in [9.17, 15) is 4.79 Å². The molecule has 0 amide bonds. The van der Waals surface area contributed by atoms with Gasteiger partial charge in [-0.05, 0) is 18.9 Å². The number of ketones is 1. The van der Waals surface area contributed by atoms with Crippen molar-refractivity contribution in [3.8, 4) is 0 Å². The number of rotatable bonds is 16. The Balaban J connectivity index is 1.94. The molecule has 1 aromatic rings. The van der Waals surface area contributed by atoms with Crippen LogP contribution in [0.2, 0.25) is 0 Å². The molecule has 1 unspecified atom stereocenters. The van der Waals surface area contributed by atoms with Gasteiger partial charge in [0.05, 0.1) is 0 Å². The van der Waals surface area contributed by atoms with Crippen molar-refractivity contribution in [3.05, 3.63) is 35.4 Å². The Labute approximate surface area is 166 Å². The summed E-state index contributed by atoms with van der Waals surface area (Å²) in [5.41, 5.74) is 2.09. The molecule has 148 valence electrons. The van der Waals surface area contributed by atoms with Gasteiger partial charge in [-0.25, -0.2) is 0 Å². The zero-order valence-electron chi connectivity index (χ0n) is 17.1. The Bertz CT molecular complexity index is 483. The second-order valence-electron chi connectivity index (χ2n) is 7.74. The standard InChI is InChI=1S/C24H39ClO/c1-3-4-5-6-7-8-9-10-11-12-13-14-15-19-23(26)24(25)22-18-16-17-21(2)20-22/h16-18,20,24H,3-15,19H2,1-2H3. The van der Waals surface area contributed by atoms with Crippen molar-refractivity contribution >= 4 is 17.4 Å². The molecule has 26 heavy (non-hydrogen) atoms. The van der Waals surface area contributed by atoms with E-state index >= 15 is 0 Å². The number of halogens is 1. The van der Waals surface area contributed by atoms with E-state index in [-0.39, 0.29) is 5.78 Å². The molecule has 0 aliphatic carbocycles. The lowest BCUT2D eigenvalue weighted by Gasteiger charge is -2.09. The highest BCUT2D eigenvalue weighted by atomic mass is 35.5. The van der Waals surface area contributed by atoms with Gasteiger partial charge in [-0.15, -0.1) is 11.6 Å². The third-order valence-electron chi connectivity index (χ3n) is 5.14. The van der Waals surface area contributed by atoms with Gasteiger partial charge in [0.25, 0.3) is 0 Å². The largest absolute Gasteiger partial charge is 0.298 e. The molecule has 1 rings (SSSR count). The fraction of sp³-hybridized carbons (Fsp3) is 0.708. The van der Waals surface area contributed by atoms with Gasteiger partial charge in [0, 0.05) is 6.42 Å². The van der Waals surface area contributed by atoms with Gasteiger partial charge in [0.15, 0.2) is 5.78 Å². The van der Waals surface area contributed by atoms with Gasteiger partial charge >= 0.3 is 0 Å². The first kappa shape index (κ1) is 23.2. The van der Waals surface area contributed by atoms with E-state index in [0.29, 0.717) is 6.42 Å². The van der Waals surface area contributed by atoms with Crippen LogP contribution >= 0.6 is 11.6 Å². The van der Waals surface area contributed by atoms with Crippen LogP contribution in [0.3, 0.4) is 0 Å². The quantitative estimate of drug-likeness (QED) is 0.208. The molecule has 0 aliphatic rings. The van der Waals surface area contributed by atoms with Crippen molar-refractivity contribution in [2.75, 3.05) is 0 Å². The van der Waals surface area contributed by atoms with Gasteiger partial charge in [0.1, 0.15) is 5.38 Å². The Hall–Kier alpha value is -0.820. The molecule has 0 bridgehead atoms. The summed E-state index contributed by atoms with van der Waals surface area (Å²) in [4.78, 5) is 12.2. The fourth-order valence-electron chi connectivity index (χ4n) is 3.46. The van der Waals surface area contributed by atoms with Gasteiger partial charge in [-0.2, -0.15) is 0 Å². The van der Waals surface area contributed by atoms with Crippen molar-refractivity contribution < 1.29 is 4.79 Å². The first-order valence-corrected chi connectivity index (χ1v) is 11.3. The maximum absolute atomic E-state index is 12.2. The SMILES string of the molecule is CCCCCCCCCCCCCCCC(=O)C(Cl)c1cccc(C)c1. The first-order valence-electron chi connectivity index (χ1n) is 10.9. The van der Waals surface area contributed by atoms with Crippen molar-refractivity contribution in [1.82, 2.24) is 0 Å². The molecule has 0 heterocycles. The normalized spacial score (nSPS) is 12.3. The van der Waals surface area contributed by atoms with Gasteiger partial charge in [0.2, 0.25) is 0 Å². The third kappa shape index (κ3) is 11.0. The minimum atomic E-state index is -0.479. The summed E-state index contributed by atoms with van der Waals surface area (Å²) < 4.78 is 0. The molecule has 0 saturated carbocycles. The Morgan fingerprint density at radius 1 is 0.846 bits per heavy atom. The predicted molar refractivity (Wildman–Crippen MR) is 115 cm³/mol. The Kier molecular flexibility index (Phi) is 13.6. The summed E-state index contributed by atoms with van der Waals surface area (Å²) in [6.45, 7) is 4.30. The first-order chi connectivity index (χ1) is 12.6. The molecule has 0 saturated heterocycles. The lowest BCUT2D eigenvalue weighted by Crippen LogP contribution is -2.06. The molecule has 1 nitrogen and oxygen atoms in total. The number of carbonyl (C=O) groups is 1. The predicted octanol–water partition coefficient (Wildman–Crippen LogP) is 8.33. The maximum Gasteiger partial charge on any atom is 0.155 e. The van der Waals surface area contributed by atoms with Crippen LogP contribution < -0.4 is 0 Å². The van der Waals surface area contributed by atoms with Crippen molar-refractivity contribution in [2.24, 2.45) is 0 Å². The number of hydrogen-bond donors (Lipinski definition) is 0. The number of alkyl halides is 1. The number of benzene rings is 1. The zero-order chi connectivity index (χ0) is 19.0. The topological polar surface area (TPSA) is 17.1 Å². The Morgan fingerprint density at radius 3 is 1.85 bits per heavy atom. The van der Waals surface area contributed by atoms with Crippen LogP contribution in [0.1, 0.15) is 113 Å². The molecular formula is C24H39ClO. The summed E-state index contributed by atoms with van der Waals surface area (Å²) in [5.74, 6) is 0.167. The molecular weight excluding hydrogens is 340 g/mol. The van der Waals surface area contributed by atoms with Crippen molar-refractivity contribution in [1.29, 1.82) is 0 Å². The van der Waals surface area contributed by atoms with E-state index in [4.69, 9.17) is 11.6 Å². The van der Waals surface area contributed by atoms with Gasteiger partial charge in [-0.3, -0.25) is 4.79 Å². The lowest BCUT2D eigenvalue weighted by molar-refractivity contribution is -0.118. The van der Waals surface area contributed by atoms with E-state index < -0.39 is 5.38 Å². The van der Waals surface area contributed by atoms with Crippen LogP contribution in [-0.2, 0) is 4.79 Å². The summed E-state index contributed by atoms with van der Waals surface area (Å²) in [7, 11) is 0. The highest BCUT2D eigenvalue weighted by Gasteiger charge is 2.16. The summed E-state index contributed by atoms with van der Waals surface area (Å²) in [6, 6.07) is 7.97. The maximum atomic E-state index is 12.2. The summed E-state index contributed by atoms with van der Waals surface area (Å²) >= 11 is 6.33. The van der Waals surface area contributed by atoms with E-state index in [1.807, 2.05) is 31.2 Å². The fourth-order valence-corrected chi connectivity index (χ4v) is 3.70. The zero-order valence-corrected chi connectivity index (χ0v) is 17.8. The third-order valence-corrected chi connectivity index (χ3v) is 5.64. The van der Waals surface area contributed by atoms with Crippen LogP contribution in [0.5, 0.6) is 0 Å². The van der Waals surface area contributed by atoms with Crippen LogP contribution in [-0.4, -0.2) is 5.78 Å². The summed E-state index contributed by atoms with van der Waals surface area (Å²) in [5, 5.41) is -0.479. The van der Waals surface area contributed by atoms with E-state index in [0.717, 1.165) is 24.0 Å². The molecule has 2 heteroatoms. The number of aryl methyl sites for hydroxylation is 1. The average molecular weight is 379 g/mol. The molecule has 0 N–H and O–H groups in total. The Morgan fingerprint density at radius 2 is 1.35 bits per heavy atom. The minimum Gasteiger partial charge on any atom is -0.298 e. The average Bonchev–Trinajstić information content (AvgIpc) is 2.64. The van der Waals surface area contributed by atoms with Crippen LogP contribution in [0.4, 0.5) is 0 Å². The summed E-state index contributed by atoms with van der Waals surface area (Å²) in [6.07, 6.45) is 17.8. The second-order valence-corrected chi connectivity index (χ2v) is 8.17. The van der Waals surface area contributed by atoms with Crippen molar-refractivity contribution in [3.63, 3.8) is 0 Å². The molecule has 0 aromatic heterocycles. The number of Topliss-reactive ketones (excluding diaryl/α,β-unsaturated/α-hetero) is 1. The van der Waals surface area contributed by atoms with Crippen LogP contribution in [0, 0.1) is 6.92 Å². The second kappa shape index (κ2) is 15.3. The molecule has 1 atom stereocenters. The van der Waals surface area contributed by atoms with E-state index in [1.54, 1.807) is 0 Å². The molecule has 0 spiro atoms. The van der Waals surface area contributed by atoms with Crippen molar-refractivity contribution in [2.45, 2.75) is 109 Å². The number of carbonyl (C=O) groups excluding carboxylic acids is 1. The number of unbranched alkanes of at least 4 members (excludes halogenated alkanes) is 12. The minimum absolute atomic E-state index is 0.167. The monoisotopic (exact) mass is 378 g/mol. The molecule has 0 radical (unpaired) electrons. The molecule has 0 aliphatic heterocycles. The highest BCUT2D eigenvalue weighted by Crippen LogP contribution is 2.24. The highest BCUT2D eigenvalue weighted by molar-refractivity contribution is 6.31. The lowest BCUT2D eigenvalue weighted by atomic mass is 10.0. The van der Waals surface area contributed by atoms with Gasteiger partial charge in [-0.1, -0.05) is 114 Å². The van der Waals surface area contributed by atoms with E-state index in [1.165, 1.54) is 70.6 Å². The number of hydrogen-bond acceptors (Lipinski definition) is 1. The van der Waals surface area contributed by atoms with E-state index in [2.05, 4.69) is 6.92 Å². The van der Waals surface area contributed by atoms with Crippen LogP contribution in [0.25, 0.3) is 0 Å². The van der Waals surface area contributed by atoms with Crippen LogP contribution in [0.15, 0.2) is 24.3 Å². The van der Waals surface area contributed by atoms with Gasteiger partial charge < -0.3 is 0 Å². The smallest absolute Gasteiger partial charge is 0.155 e. The molecule has 0 fully saturated rings. The molecule has 1 aromatic carbocycles.